The lowest BCUT2D eigenvalue weighted by Gasteiger charge is -2.14. The van der Waals surface area contributed by atoms with Crippen molar-refractivity contribution in [3.8, 4) is 0 Å². The van der Waals surface area contributed by atoms with Crippen LogP contribution in [0.5, 0.6) is 0 Å². The van der Waals surface area contributed by atoms with E-state index in [0.717, 1.165) is 16.8 Å². The predicted molar refractivity (Wildman–Crippen MR) is 97.9 cm³/mol. The van der Waals surface area contributed by atoms with Gasteiger partial charge in [0.15, 0.2) is 11.5 Å². The Kier molecular flexibility index (Phi) is 4.97. The van der Waals surface area contributed by atoms with E-state index in [1.165, 1.54) is 17.7 Å². The molecule has 3 rings (SSSR count). The van der Waals surface area contributed by atoms with Crippen LogP contribution in [0.4, 0.5) is 15.9 Å². The van der Waals surface area contributed by atoms with Crippen molar-refractivity contribution in [3.05, 3.63) is 70.7 Å². The Labute approximate surface area is 150 Å². The topological polar surface area (TPSA) is 82.7 Å². The summed E-state index contributed by atoms with van der Waals surface area (Å²) in [6.07, 6.45) is 0. The number of halogens is 1. The molecule has 26 heavy (non-hydrogen) atoms. The van der Waals surface area contributed by atoms with E-state index in [2.05, 4.69) is 26.0 Å². The van der Waals surface area contributed by atoms with Crippen LogP contribution in [0.15, 0.2) is 42.5 Å². The van der Waals surface area contributed by atoms with Crippen LogP contribution in [-0.4, -0.2) is 21.3 Å². The summed E-state index contributed by atoms with van der Waals surface area (Å²) in [5, 5.41) is 16.4. The van der Waals surface area contributed by atoms with E-state index in [9.17, 15) is 9.18 Å². The summed E-state index contributed by atoms with van der Waals surface area (Å²) < 4.78 is 13.0. The normalized spacial score (nSPS) is 11.8. The van der Waals surface area contributed by atoms with Gasteiger partial charge in [0.05, 0.1) is 6.04 Å². The van der Waals surface area contributed by atoms with Gasteiger partial charge in [0.25, 0.3) is 5.91 Å². The van der Waals surface area contributed by atoms with E-state index in [4.69, 9.17) is 0 Å². The molecule has 1 unspecified atom stereocenters. The zero-order valence-corrected chi connectivity index (χ0v) is 14.8. The van der Waals surface area contributed by atoms with E-state index >= 15 is 0 Å². The Bertz CT molecular complexity index is 920. The molecule has 0 aliphatic rings. The van der Waals surface area contributed by atoms with Crippen LogP contribution in [0.2, 0.25) is 0 Å². The molecule has 0 aliphatic carbocycles. The van der Waals surface area contributed by atoms with Crippen molar-refractivity contribution in [2.75, 3.05) is 5.32 Å². The molecule has 6 nitrogen and oxygen atoms in total. The summed E-state index contributed by atoms with van der Waals surface area (Å²) >= 11 is 0. The first-order chi connectivity index (χ1) is 12.4. The third-order valence-electron chi connectivity index (χ3n) is 4.25. The molecular weight excluding hydrogens is 333 g/mol. The fraction of sp³-hybridized carbons (Fsp3) is 0.211. The molecule has 1 heterocycles. The van der Waals surface area contributed by atoms with Crippen LogP contribution in [-0.2, 0) is 0 Å². The number of aromatic nitrogens is 3. The first-order valence-corrected chi connectivity index (χ1v) is 8.25. The van der Waals surface area contributed by atoms with Crippen molar-refractivity contribution in [1.29, 1.82) is 0 Å². The van der Waals surface area contributed by atoms with Crippen molar-refractivity contribution in [2.45, 2.75) is 26.8 Å². The molecule has 0 fully saturated rings. The molecule has 0 bridgehead atoms. The molecule has 3 N–H and O–H groups in total. The van der Waals surface area contributed by atoms with Crippen LogP contribution in [0.25, 0.3) is 0 Å². The summed E-state index contributed by atoms with van der Waals surface area (Å²) in [5.74, 6) is -0.345. The number of carbonyl (C=O) groups excluding carboxylic acids is 1. The minimum absolute atomic E-state index is 0.164. The van der Waals surface area contributed by atoms with Crippen LogP contribution < -0.4 is 10.6 Å². The number of nitrogens with zero attached hydrogens (tertiary/aromatic N) is 2. The molecule has 0 saturated carbocycles. The van der Waals surface area contributed by atoms with Gasteiger partial charge >= 0.3 is 0 Å². The van der Waals surface area contributed by atoms with Gasteiger partial charge < -0.3 is 10.6 Å². The first kappa shape index (κ1) is 17.6. The quantitative estimate of drug-likeness (QED) is 0.652. The maximum Gasteiger partial charge on any atom is 0.276 e. The molecular formula is C19H20FN5O. The number of amides is 1. The smallest absolute Gasteiger partial charge is 0.276 e. The highest BCUT2D eigenvalue weighted by Crippen LogP contribution is 2.21. The average molecular weight is 353 g/mol. The van der Waals surface area contributed by atoms with E-state index < -0.39 is 0 Å². The molecule has 0 spiro atoms. The Morgan fingerprint density at radius 2 is 1.81 bits per heavy atom. The summed E-state index contributed by atoms with van der Waals surface area (Å²) in [5.41, 5.74) is 4.10. The Morgan fingerprint density at radius 1 is 1.08 bits per heavy atom. The molecule has 2 aromatic carbocycles. The standard InChI is InChI=1S/C19H20FN5O/c1-11-4-9-16(10-12(11)2)22-18-17(23-25-24-18)19(26)21-13(3)14-5-7-15(20)8-6-14/h4-10,13H,1-3H3,(H,21,26)(H2,22,23,24,25). The minimum atomic E-state index is -0.373. The summed E-state index contributed by atoms with van der Waals surface area (Å²) in [6.45, 7) is 5.87. The second-order valence-corrected chi connectivity index (χ2v) is 6.19. The van der Waals surface area contributed by atoms with Crippen molar-refractivity contribution < 1.29 is 9.18 Å². The fourth-order valence-corrected chi connectivity index (χ4v) is 2.53. The largest absolute Gasteiger partial charge is 0.344 e. The zero-order chi connectivity index (χ0) is 18.7. The van der Waals surface area contributed by atoms with Gasteiger partial charge in [-0.1, -0.05) is 18.2 Å². The maximum absolute atomic E-state index is 13.0. The van der Waals surface area contributed by atoms with Crippen LogP contribution >= 0.6 is 0 Å². The van der Waals surface area contributed by atoms with E-state index in [-0.39, 0.29) is 23.5 Å². The monoisotopic (exact) mass is 353 g/mol. The molecule has 3 aromatic rings. The van der Waals surface area contributed by atoms with Crippen molar-refractivity contribution in [1.82, 2.24) is 20.7 Å². The van der Waals surface area contributed by atoms with Gasteiger partial charge in [-0.05, 0) is 61.7 Å². The SMILES string of the molecule is Cc1ccc(Nc2n[nH]nc2C(=O)NC(C)c2ccc(F)cc2)cc1C. The highest BCUT2D eigenvalue weighted by Gasteiger charge is 2.19. The zero-order valence-electron chi connectivity index (χ0n) is 14.8. The number of aromatic amines is 1. The highest BCUT2D eigenvalue weighted by atomic mass is 19.1. The number of anilines is 2. The van der Waals surface area contributed by atoms with Gasteiger partial charge in [0, 0.05) is 5.69 Å². The molecule has 0 aliphatic heterocycles. The van der Waals surface area contributed by atoms with Gasteiger partial charge in [-0.25, -0.2) is 4.39 Å². The first-order valence-electron chi connectivity index (χ1n) is 8.25. The predicted octanol–water partition coefficient (Wildman–Crippen LogP) is 3.80. The third kappa shape index (κ3) is 3.88. The summed E-state index contributed by atoms with van der Waals surface area (Å²) in [4.78, 5) is 12.5. The van der Waals surface area contributed by atoms with Crippen LogP contribution in [0.1, 0.15) is 40.1 Å². The fourth-order valence-electron chi connectivity index (χ4n) is 2.53. The lowest BCUT2D eigenvalue weighted by Crippen LogP contribution is -2.27. The van der Waals surface area contributed by atoms with Gasteiger partial charge in [0.1, 0.15) is 5.82 Å². The number of carbonyl (C=O) groups is 1. The average Bonchev–Trinajstić information content (AvgIpc) is 3.07. The van der Waals surface area contributed by atoms with Crippen molar-refractivity contribution in [2.24, 2.45) is 0 Å². The van der Waals surface area contributed by atoms with Gasteiger partial charge in [-0.3, -0.25) is 4.79 Å². The van der Waals surface area contributed by atoms with Crippen LogP contribution in [0.3, 0.4) is 0 Å². The summed E-state index contributed by atoms with van der Waals surface area (Å²) in [7, 11) is 0. The molecule has 1 aromatic heterocycles. The molecule has 1 atom stereocenters. The van der Waals surface area contributed by atoms with Crippen molar-refractivity contribution >= 4 is 17.4 Å². The van der Waals surface area contributed by atoms with Crippen LogP contribution in [0, 0.1) is 19.7 Å². The van der Waals surface area contributed by atoms with E-state index in [1.807, 2.05) is 39.0 Å². The third-order valence-corrected chi connectivity index (χ3v) is 4.25. The number of hydrogen-bond donors (Lipinski definition) is 3. The van der Waals surface area contributed by atoms with Crippen molar-refractivity contribution in [3.63, 3.8) is 0 Å². The van der Waals surface area contributed by atoms with E-state index in [1.54, 1.807) is 12.1 Å². The molecule has 7 heteroatoms. The highest BCUT2D eigenvalue weighted by molar-refractivity contribution is 5.97. The minimum Gasteiger partial charge on any atom is -0.344 e. The number of nitrogens with one attached hydrogen (secondary N) is 3. The second-order valence-electron chi connectivity index (χ2n) is 6.19. The molecule has 0 radical (unpaired) electrons. The van der Waals surface area contributed by atoms with Gasteiger partial charge in [-0.15, -0.1) is 10.2 Å². The molecule has 134 valence electrons. The van der Waals surface area contributed by atoms with Gasteiger partial charge in [-0.2, -0.15) is 5.21 Å². The Morgan fingerprint density at radius 3 is 2.50 bits per heavy atom. The van der Waals surface area contributed by atoms with Gasteiger partial charge in [0.2, 0.25) is 0 Å². The summed E-state index contributed by atoms with van der Waals surface area (Å²) in [6, 6.07) is 11.6. The number of H-pyrrole nitrogens is 1. The molecule has 1 amide bonds. The lowest BCUT2D eigenvalue weighted by atomic mass is 10.1. The number of hydrogen-bond acceptors (Lipinski definition) is 4. The maximum atomic E-state index is 13.0. The Balaban J connectivity index is 1.73. The Hall–Kier alpha value is -3.22. The number of aryl methyl sites for hydroxylation is 2. The molecule has 0 saturated heterocycles. The second kappa shape index (κ2) is 7.35. The lowest BCUT2D eigenvalue weighted by molar-refractivity contribution is 0.0935. The number of rotatable bonds is 5. The van der Waals surface area contributed by atoms with E-state index in [0.29, 0.717) is 5.82 Å². The number of benzene rings is 2.